The standard InChI is InChI=1S/C8H14O5/c1-11-5-3-7(9)13-8(10)4-6-12-2/h3-6H2,1-2H3. The fourth-order valence-electron chi connectivity index (χ4n) is 0.600. The molecule has 13 heavy (non-hydrogen) atoms. The summed E-state index contributed by atoms with van der Waals surface area (Å²) < 4.78 is 13.7. The Balaban J connectivity index is 3.47. The Morgan fingerprint density at radius 3 is 1.62 bits per heavy atom. The zero-order valence-electron chi connectivity index (χ0n) is 7.87. The molecule has 0 spiro atoms. The van der Waals surface area contributed by atoms with E-state index in [1.165, 1.54) is 14.2 Å². The third-order valence-corrected chi connectivity index (χ3v) is 1.25. The number of hydrogen-bond acceptors (Lipinski definition) is 5. The molecule has 0 aliphatic carbocycles. The lowest BCUT2D eigenvalue weighted by molar-refractivity contribution is -0.160. The molecule has 0 aliphatic heterocycles. The first-order chi connectivity index (χ1) is 6.20. The monoisotopic (exact) mass is 190 g/mol. The second-order valence-electron chi connectivity index (χ2n) is 2.33. The van der Waals surface area contributed by atoms with Crippen LogP contribution in [0.1, 0.15) is 12.8 Å². The van der Waals surface area contributed by atoms with E-state index in [9.17, 15) is 9.59 Å². The zero-order valence-corrected chi connectivity index (χ0v) is 7.87. The number of carbonyl (C=O) groups is 2. The van der Waals surface area contributed by atoms with E-state index in [1.807, 2.05) is 0 Å². The van der Waals surface area contributed by atoms with Gasteiger partial charge in [0.05, 0.1) is 26.1 Å². The van der Waals surface area contributed by atoms with Gasteiger partial charge >= 0.3 is 11.9 Å². The van der Waals surface area contributed by atoms with Gasteiger partial charge in [-0.1, -0.05) is 0 Å². The molecule has 0 aromatic rings. The Kier molecular flexibility index (Phi) is 7.14. The number of esters is 2. The molecule has 0 amide bonds. The molecule has 0 aliphatic rings. The number of rotatable bonds is 6. The lowest BCUT2D eigenvalue weighted by Crippen LogP contribution is -2.15. The third-order valence-electron chi connectivity index (χ3n) is 1.25. The minimum absolute atomic E-state index is 0.0925. The van der Waals surface area contributed by atoms with Gasteiger partial charge < -0.3 is 14.2 Å². The Morgan fingerprint density at radius 2 is 1.31 bits per heavy atom. The highest BCUT2D eigenvalue weighted by Gasteiger charge is 2.09. The molecule has 0 atom stereocenters. The van der Waals surface area contributed by atoms with E-state index in [2.05, 4.69) is 14.2 Å². The van der Waals surface area contributed by atoms with E-state index in [0.29, 0.717) is 0 Å². The number of ether oxygens (including phenoxy) is 3. The Labute approximate surface area is 77.0 Å². The number of carbonyl (C=O) groups excluding carboxylic acids is 2. The molecule has 76 valence electrons. The van der Waals surface area contributed by atoms with E-state index < -0.39 is 11.9 Å². The first-order valence-electron chi connectivity index (χ1n) is 3.92. The fraction of sp³-hybridized carbons (Fsp3) is 0.750. The molecule has 0 rings (SSSR count). The topological polar surface area (TPSA) is 61.8 Å². The van der Waals surface area contributed by atoms with Crippen molar-refractivity contribution in [2.45, 2.75) is 12.8 Å². The van der Waals surface area contributed by atoms with Crippen molar-refractivity contribution in [2.24, 2.45) is 0 Å². The first-order valence-corrected chi connectivity index (χ1v) is 3.92. The van der Waals surface area contributed by atoms with Crippen LogP contribution in [0.3, 0.4) is 0 Å². The van der Waals surface area contributed by atoms with Crippen LogP contribution in [-0.4, -0.2) is 39.4 Å². The maximum atomic E-state index is 10.8. The van der Waals surface area contributed by atoms with Gasteiger partial charge in [0, 0.05) is 14.2 Å². The van der Waals surface area contributed by atoms with Gasteiger partial charge in [0.15, 0.2) is 0 Å². The molecule has 0 heterocycles. The van der Waals surface area contributed by atoms with Crippen LogP contribution < -0.4 is 0 Å². The van der Waals surface area contributed by atoms with Gasteiger partial charge in [-0.2, -0.15) is 0 Å². The largest absolute Gasteiger partial charge is 0.393 e. The first kappa shape index (κ1) is 12.1. The molecule has 5 heteroatoms. The van der Waals surface area contributed by atoms with Crippen LogP contribution >= 0.6 is 0 Å². The van der Waals surface area contributed by atoms with Crippen molar-refractivity contribution >= 4 is 11.9 Å². The minimum Gasteiger partial charge on any atom is -0.393 e. The SMILES string of the molecule is COCCC(=O)OC(=O)CCOC. The van der Waals surface area contributed by atoms with Crippen LogP contribution in [0.5, 0.6) is 0 Å². The summed E-state index contributed by atoms with van der Waals surface area (Å²) in [5.41, 5.74) is 0. The van der Waals surface area contributed by atoms with Crippen molar-refractivity contribution in [2.75, 3.05) is 27.4 Å². The number of hydrogen-bond donors (Lipinski definition) is 0. The van der Waals surface area contributed by atoms with Crippen molar-refractivity contribution < 1.29 is 23.8 Å². The Hall–Kier alpha value is -0.940. The van der Waals surface area contributed by atoms with Gasteiger partial charge in [-0.05, 0) is 0 Å². The van der Waals surface area contributed by atoms with Crippen LogP contribution in [0, 0.1) is 0 Å². The van der Waals surface area contributed by atoms with Crippen LogP contribution in [0.25, 0.3) is 0 Å². The molecular formula is C8H14O5. The van der Waals surface area contributed by atoms with Gasteiger partial charge in [-0.3, -0.25) is 9.59 Å². The minimum atomic E-state index is -0.567. The molecule has 0 saturated carbocycles. The molecule has 5 nitrogen and oxygen atoms in total. The van der Waals surface area contributed by atoms with Crippen molar-refractivity contribution in [3.05, 3.63) is 0 Å². The highest BCUT2D eigenvalue weighted by atomic mass is 16.6. The summed E-state index contributed by atoms with van der Waals surface area (Å²) in [6, 6.07) is 0. The lowest BCUT2D eigenvalue weighted by atomic mass is 10.4. The molecule has 0 unspecified atom stereocenters. The van der Waals surface area contributed by atoms with E-state index in [-0.39, 0.29) is 26.1 Å². The van der Waals surface area contributed by atoms with Gasteiger partial charge in [0.25, 0.3) is 0 Å². The Bertz CT molecular complexity index is 148. The average Bonchev–Trinajstić information content (AvgIpc) is 2.11. The van der Waals surface area contributed by atoms with E-state index >= 15 is 0 Å². The van der Waals surface area contributed by atoms with Crippen molar-refractivity contribution in [3.63, 3.8) is 0 Å². The second-order valence-corrected chi connectivity index (χ2v) is 2.33. The third kappa shape index (κ3) is 7.42. The van der Waals surface area contributed by atoms with Gasteiger partial charge in [-0.25, -0.2) is 0 Å². The second kappa shape index (κ2) is 7.70. The fourth-order valence-corrected chi connectivity index (χ4v) is 0.600. The van der Waals surface area contributed by atoms with Gasteiger partial charge in [0.2, 0.25) is 0 Å². The molecule has 0 saturated heterocycles. The van der Waals surface area contributed by atoms with Crippen LogP contribution in [0.4, 0.5) is 0 Å². The van der Waals surface area contributed by atoms with Crippen molar-refractivity contribution in [1.82, 2.24) is 0 Å². The van der Waals surface area contributed by atoms with E-state index in [0.717, 1.165) is 0 Å². The predicted molar refractivity (Wildman–Crippen MR) is 44.1 cm³/mol. The highest BCUT2D eigenvalue weighted by molar-refractivity contribution is 5.85. The van der Waals surface area contributed by atoms with Crippen molar-refractivity contribution in [3.8, 4) is 0 Å². The summed E-state index contributed by atoms with van der Waals surface area (Å²) in [4.78, 5) is 21.6. The van der Waals surface area contributed by atoms with Gasteiger partial charge in [-0.15, -0.1) is 0 Å². The van der Waals surface area contributed by atoms with Crippen LogP contribution in [0.15, 0.2) is 0 Å². The smallest absolute Gasteiger partial charge is 0.315 e. The van der Waals surface area contributed by atoms with Crippen LogP contribution in [0.2, 0.25) is 0 Å². The van der Waals surface area contributed by atoms with Crippen molar-refractivity contribution in [1.29, 1.82) is 0 Å². The van der Waals surface area contributed by atoms with E-state index in [4.69, 9.17) is 0 Å². The molecule has 0 fully saturated rings. The summed E-state index contributed by atoms with van der Waals surface area (Å²) in [6.07, 6.45) is 0.185. The molecule has 0 N–H and O–H groups in total. The summed E-state index contributed by atoms with van der Waals surface area (Å²) in [5.74, 6) is -1.13. The summed E-state index contributed by atoms with van der Waals surface area (Å²) >= 11 is 0. The zero-order chi connectivity index (χ0) is 10.1. The lowest BCUT2D eigenvalue weighted by Gasteiger charge is -2.01. The summed E-state index contributed by atoms with van der Waals surface area (Å²) in [5, 5.41) is 0. The predicted octanol–water partition coefficient (Wildman–Crippen LogP) is 0.129. The number of methoxy groups -OCH3 is 2. The van der Waals surface area contributed by atoms with E-state index in [1.54, 1.807) is 0 Å². The molecule has 0 radical (unpaired) electrons. The quantitative estimate of drug-likeness (QED) is 0.440. The molecule has 0 aromatic carbocycles. The Morgan fingerprint density at radius 1 is 0.923 bits per heavy atom. The summed E-state index contributed by atoms with van der Waals surface area (Å²) in [6.45, 7) is 0.521. The van der Waals surface area contributed by atoms with Crippen LogP contribution in [-0.2, 0) is 23.8 Å². The molecular weight excluding hydrogens is 176 g/mol. The molecule has 0 aromatic heterocycles. The molecule has 0 bridgehead atoms. The van der Waals surface area contributed by atoms with Gasteiger partial charge in [0.1, 0.15) is 0 Å². The highest BCUT2D eigenvalue weighted by Crippen LogP contribution is 1.92. The maximum Gasteiger partial charge on any atom is 0.315 e. The maximum absolute atomic E-state index is 10.8. The average molecular weight is 190 g/mol. The summed E-state index contributed by atoms with van der Waals surface area (Å²) in [7, 11) is 2.94. The normalized spacial score (nSPS) is 9.69.